The molecule has 27 heavy (non-hydrogen) atoms. The lowest BCUT2D eigenvalue weighted by Gasteiger charge is -2.34. The Hall–Kier alpha value is -2.69. The number of hydrogen-bond acceptors (Lipinski definition) is 11. The Morgan fingerprint density at radius 3 is 1.44 bits per heavy atom. The van der Waals surface area contributed by atoms with Gasteiger partial charge < -0.3 is 28.4 Å². The van der Waals surface area contributed by atoms with Crippen molar-refractivity contribution < 1.29 is 52.4 Å². The van der Waals surface area contributed by atoms with Gasteiger partial charge in [0.25, 0.3) is 0 Å². The molecule has 11 heteroatoms. The van der Waals surface area contributed by atoms with Crippen LogP contribution in [0.3, 0.4) is 0 Å². The maximum Gasteiger partial charge on any atom is 0.305 e. The van der Waals surface area contributed by atoms with Crippen LogP contribution in [0.15, 0.2) is 0 Å². The van der Waals surface area contributed by atoms with Crippen LogP contribution in [0, 0.1) is 0 Å². The molecule has 0 saturated carbocycles. The first-order valence-corrected chi connectivity index (χ1v) is 7.82. The first-order valence-electron chi connectivity index (χ1n) is 7.82. The number of carbonyl (C=O) groups is 5. The van der Waals surface area contributed by atoms with Crippen molar-refractivity contribution in [2.24, 2.45) is 0 Å². The van der Waals surface area contributed by atoms with Gasteiger partial charge in [0, 0.05) is 41.7 Å². The molecule has 0 aromatic heterocycles. The molecule has 0 amide bonds. The van der Waals surface area contributed by atoms with Crippen LogP contribution in [-0.2, 0) is 52.4 Å². The van der Waals surface area contributed by atoms with Crippen molar-refractivity contribution in [3.63, 3.8) is 0 Å². The standard InChI is InChI=1S/C16H24O11/c1-8(17)23-7-13(24-9(2)18)14(25-10(3)19)15(26-11(4)20)16(22-6)27-12(5)21/h13-16H,7H2,1-6H3/t13-,14-,15-,16-/m0/s1. The Kier molecular flexibility index (Phi) is 10.7. The van der Waals surface area contributed by atoms with E-state index in [0.717, 1.165) is 41.7 Å². The zero-order valence-electron chi connectivity index (χ0n) is 16.0. The van der Waals surface area contributed by atoms with Crippen LogP contribution in [-0.4, -0.2) is 68.2 Å². The van der Waals surface area contributed by atoms with Gasteiger partial charge in [0.05, 0.1) is 0 Å². The zero-order valence-corrected chi connectivity index (χ0v) is 16.0. The van der Waals surface area contributed by atoms with Gasteiger partial charge in [0.2, 0.25) is 12.4 Å². The minimum atomic E-state index is -1.51. The lowest BCUT2D eigenvalue weighted by Crippen LogP contribution is -2.53. The number of ether oxygens (including phenoxy) is 6. The quantitative estimate of drug-likeness (QED) is 0.279. The second-order valence-corrected chi connectivity index (χ2v) is 5.31. The highest BCUT2D eigenvalue weighted by atomic mass is 16.7. The van der Waals surface area contributed by atoms with Crippen LogP contribution in [0.2, 0.25) is 0 Å². The molecule has 0 saturated heterocycles. The minimum absolute atomic E-state index is 0.513. The largest absolute Gasteiger partial charge is 0.462 e. The fourth-order valence-electron chi connectivity index (χ4n) is 2.04. The van der Waals surface area contributed by atoms with E-state index >= 15 is 0 Å². The summed E-state index contributed by atoms with van der Waals surface area (Å²) in [5.74, 6) is -3.90. The van der Waals surface area contributed by atoms with Crippen molar-refractivity contribution in [1.82, 2.24) is 0 Å². The molecule has 4 atom stereocenters. The molecule has 0 aliphatic heterocycles. The van der Waals surface area contributed by atoms with E-state index in [1.165, 1.54) is 0 Å². The molecule has 0 radical (unpaired) electrons. The molecule has 0 aromatic carbocycles. The smallest absolute Gasteiger partial charge is 0.305 e. The molecule has 0 heterocycles. The second kappa shape index (κ2) is 11.8. The molecular weight excluding hydrogens is 368 g/mol. The molecule has 0 N–H and O–H groups in total. The number of esters is 5. The number of methoxy groups -OCH3 is 1. The fraction of sp³-hybridized carbons (Fsp3) is 0.688. The predicted molar refractivity (Wildman–Crippen MR) is 85.9 cm³/mol. The molecule has 154 valence electrons. The fourth-order valence-corrected chi connectivity index (χ4v) is 2.04. The van der Waals surface area contributed by atoms with Gasteiger partial charge in [0.1, 0.15) is 6.61 Å². The van der Waals surface area contributed by atoms with Crippen molar-refractivity contribution in [2.75, 3.05) is 13.7 Å². The lowest BCUT2D eigenvalue weighted by atomic mass is 10.1. The summed E-state index contributed by atoms with van der Waals surface area (Å²) < 4.78 is 30.0. The first kappa shape index (κ1) is 24.3. The monoisotopic (exact) mass is 392 g/mol. The Balaban J connectivity index is 5.96. The molecule has 11 nitrogen and oxygen atoms in total. The molecule has 0 rings (SSSR count). The highest BCUT2D eigenvalue weighted by molar-refractivity contribution is 5.69. The highest BCUT2D eigenvalue weighted by Gasteiger charge is 2.44. The van der Waals surface area contributed by atoms with Crippen molar-refractivity contribution in [1.29, 1.82) is 0 Å². The molecule has 0 unspecified atom stereocenters. The van der Waals surface area contributed by atoms with Gasteiger partial charge in [-0.25, -0.2) is 0 Å². The average molecular weight is 392 g/mol. The van der Waals surface area contributed by atoms with E-state index in [0.29, 0.717) is 0 Å². The van der Waals surface area contributed by atoms with Crippen LogP contribution in [0.1, 0.15) is 34.6 Å². The lowest BCUT2D eigenvalue weighted by molar-refractivity contribution is -0.235. The summed E-state index contributed by atoms with van der Waals surface area (Å²) in [6.07, 6.45) is -5.88. The number of hydrogen-bond donors (Lipinski definition) is 0. The maximum absolute atomic E-state index is 11.5. The molecule has 0 aromatic rings. The summed E-state index contributed by atoms with van der Waals surface area (Å²) in [6, 6.07) is 0. The SMILES string of the molecule is CO[C@@H](OC(C)=O)[C@@H](OC(C)=O)[C@@H](OC(C)=O)[C@H](COC(C)=O)OC(C)=O. The van der Waals surface area contributed by atoms with Gasteiger partial charge in [-0.1, -0.05) is 0 Å². The minimum Gasteiger partial charge on any atom is -0.462 e. The van der Waals surface area contributed by atoms with Crippen molar-refractivity contribution >= 4 is 29.8 Å². The van der Waals surface area contributed by atoms with Crippen LogP contribution < -0.4 is 0 Å². The molecule has 0 spiro atoms. The summed E-state index contributed by atoms with van der Waals surface area (Å²) in [7, 11) is 1.15. The molecular formula is C16H24O11. The van der Waals surface area contributed by atoms with Gasteiger partial charge >= 0.3 is 29.8 Å². The highest BCUT2D eigenvalue weighted by Crippen LogP contribution is 2.20. The molecule has 0 bridgehead atoms. The Morgan fingerprint density at radius 1 is 0.630 bits per heavy atom. The number of rotatable bonds is 10. The van der Waals surface area contributed by atoms with E-state index < -0.39 is 61.1 Å². The van der Waals surface area contributed by atoms with Gasteiger partial charge in [-0.05, 0) is 0 Å². The third-order valence-electron chi connectivity index (χ3n) is 2.85. The number of carbonyl (C=O) groups excluding carboxylic acids is 5. The summed E-state index contributed by atoms with van der Waals surface area (Å²) in [4.78, 5) is 56.9. The van der Waals surface area contributed by atoms with Crippen molar-refractivity contribution in [3.05, 3.63) is 0 Å². The summed E-state index contributed by atoms with van der Waals surface area (Å²) in [6.45, 7) is 4.88. The maximum atomic E-state index is 11.5. The van der Waals surface area contributed by atoms with E-state index in [4.69, 9.17) is 28.4 Å². The van der Waals surface area contributed by atoms with Crippen LogP contribution in [0.25, 0.3) is 0 Å². The van der Waals surface area contributed by atoms with E-state index in [1.54, 1.807) is 0 Å². The van der Waals surface area contributed by atoms with Crippen molar-refractivity contribution in [2.45, 2.75) is 59.2 Å². The van der Waals surface area contributed by atoms with Gasteiger partial charge in [-0.2, -0.15) is 0 Å². The molecule has 0 fully saturated rings. The van der Waals surface area contributed by atoms with Crippen molar-refractivity contribution in [3.8, 4) is 0 Å². The Labute approximate surface area is 156 Å². The third-order valence-corrected chi connectivity index (χ3v) is 2.85. The summed E-state index contributed by atoms with van der Waals surface area (Å²) >= 11 is 0. The first-order chi connectivity index (χ1) is 12.5. The molecule has 0 aliphatic rings. The van der Waals surface area contributed by atoms with Gasteiger partial charge in [0.15, 0.2) is 12.2 Å². The Morgan fingerprint density at radius 2 is 1.07 bits per heavy atom. The van der Waals surface area contributed by atoms with E-state index in [2.05, 4.69) is 0 Å². The molecule has 0 aliphatic carbocycles. The van der Waals surface area contributed by atoms with Crippen LogP contribution >= 0.6 is 0 Å². The second-order valence-electron chi connectivity index (χ2n) is 5.31. The van der Waals surface area contributed by atoms with Crippen LogP contribution in [0.4, 0.5) is 0 Å². The summed E-state index contributed by atoms with van der Waals surface area (Å²) in [5.41, 5.74) is 0. The normalized spacial score (nSPS) is 14.7. The topological polar surface area (TPSA) is 141 Å². The zero-order chi connectivity index (χ0) is 21.1. The third kappa shape index (κ3) is 10.1. The predicted octanol–water partition coefficient (Wildman–Crippen LogP) is -0.120. The van der Waals surface area contributed by atoms with Gasteiger partial charge in [-0.3, -0.25) is 24.0 Å². The average Bonchev–Trinajstić information content (AvgIpc) is 2.51. The van der Waals surface area contributed by atoms with Gasteiger partial charge in [-0.15, -0.1) is 0 Å². The van der Waals surface area contributed by atoms with Crippen LogP contribution in [0.5, 0.6) is 0 Å². The van der Waals surface area contributed by atoms with E-state index in [1.807, 2.05) is 0 Å². The summed E-state index contributed by atoms with van der Waals surface area (Å²) in [5, 5.41) is 0. The Bertz CT molecular complexity index is 557. The van der Waals surface area contributed by atoms with E-state index in [-0.39, 0.29) is 0 Å². The van der Waals surface area contributed by atoms with E-state index in [9.17, 15) is 24.0 Å².